The Morgan fingerprint density at radius 1 is 1.13 bits per heavy atom. The van der Waals surface area contributed by atoms with E-state index in [0.717, 1.165) is 64.5 Å². The fourth-order valence-electron chi connectivity index (χ4n) is 4.59. The number of morpholine rings is 1. The molecule has 2 saturated heterocycles. The molecule has 0 spiro atoms. The minimum atomic E-state index is -0.202. The molecule has 1 N–H and O–H groups in total. The number of ether oxygens (including phenoxy) is 1. The molecule has 4 rings (SSSR count). The predicted octanol–water partition coefficient (Wildman–Crippen LogP) is 1.84. The lowest BCUT2D eigenvalue weighted by molar-refractivity contribution is -0.0520. The van der Waals surface area contributed by atoms with Crippen molar-refractivity contribution in [2.45, 2.75) is 31.5 Å². The van der Waals surface area contributed by atoms with E-state index < -0.39 is 0 Å². The Morgan fingerprint density at radius 2 is 1.87 bits per heavy atom. The van der Waals surface area contributed by atoms with Crippen LogP contribution in [0.1, 0.15) is 18.6 Å². The minimum absolute atomic E-state index is 0.202. The van der Waals surface area contributed by atoms with Gasteiger partial charge in [-0.3, -0.25) is 9.80 Å². The molecule has 3 heterocycles. The maximum absolute atomic E-state index is 10.6. The van der Waals surface area contributed by atoms with Crippen molar-refractivity contribution in [3.8, 4) is 0 Å². The number of furan rings is 1. The molecule has 5 nitrogen and oxygen atoms in total. The average Bonchev–Trinajstić information content (AvgIpc) is 3.13. The van der Waals surface area contributed by atoms with Crippen LogP contribution in [0.2, 0.25) is 5.22 Å². The lowest BCUT2D eigenvalue weighted by Gasteiger charge is -2.43. The first kappa shape index (κ1) is 15.9. The first-order chi connectivity index (χ1) is 11.2. The van der Waals surface area contributed by atoms with E-state index in [0.29, 0.717) is 23.1 Å². The number of aliphatic hydroxyl groups excluding tert-OH is 1. The molecule has 23 heavy (non-hydrogen) atoms. The monoisotopic (exact) mass is 340 g/mol. The highest BCUT2D eigenvalue weighted by Gasteiger charge is 2.43. The van der Waals surface area contributed by atoms with Crippen LogP contribution in [0.5, 0.6) is 0 Å². The SMILES string of the molecule is O[C@@H]1C[C@H]2CN(Cc3ccc(Cl)o3)C[C@H]2C[C@H]1N1CCOCC1. The van der Waals surface area contributed by atoms with Gasteiger partial charge in [0.2, 0.25) is 0 Å². The zero-order chi connectivity index (χ0) is 15.8. The highest BCUT2D eigenvalue weighted by atomic mass is 35.5. The lowest BCUT2D eigenvalue weighted by atomic mass is 9.77. The molecule has 3 aliphatic rings. The summed E-state index contributed by atoms with van der Waals surface area (Å²) in [6.07, 6.45) is 1.82. The van der Waals surface area contributed by atoms with Crippen LogP contribution in [-0.2, 0) is 11.3 Å². The van der Waals surface area contributed by atoms with Crippen molar-refractivity contribution in [3.05, 3.63) is 23.1 Å². The Kier molecular flexibility index (Phi) is 4.65. The van der Waals surface area contributed by atoms with Crippen LogP contribution in [0.25, 0.3) is 0 Å². The molecule has 0 amide bonds. The van der Waals surface area contributed by atoms with Crippen LogP contribution in [0.15, 0.2) is 16.5 Å². The fraction of sp³-hybridized carbons (Fsp3) is 0.765. The van der Waals surface area contributed by atoms with Crippen molar-refractivity contribution >= 4 is 11.6 Å². The topological polar surface area (TPSA) is 49.1 Å². The Balaban J connectivity index is 1.37. The molecule has 0 unspecified atom stereocenters. The summed E-state index contributed by atoms with van der Waals surface area (Å²) in [6, 6.07) is 4.06. The highest BCUT2D eigenvalue weighted by Crippen LogP contribution is 2.39. The molecule has 1 aromatic heterocycles. The Morgan fingerprint density at radius 3 is 2.57 bits per heavy atom. The second-order valence-corrected chi connectivity index (χ2v) is 7.55. The molecule has 2 aliphatic heterocycles. The van der Waals surface area contributed by atoms with Crippen molar-refractivity contribution in [3.63, 3.8) is 0 Å². The average molecular weight is 341 g/mol. The van der Waals surface area contributed by atoms with Gasteiger partial charge in [0.1, 0.15) is 5.76 Å². The summed E-state index contributed by atoms with van der Waals surface area (Å²) in [6.45, 7) is 6.46. The molecule has 3 fully saturated rings. The van der Waals surface area contributed by atoms with Gasteiger partial charge in [-0.15, -0.1) is 0 Å². The van der Waals surface area contributed by atoms with Gasteiger partial charge in [-0.25, -0.2) is 0 Å². The second kappa shape index (κ2) is 6.73. The van der Waals surface area contributed by atoms with E-state index in [2.05, 4.69) is 9.80 Å². The molecule has 4 atom stereocenters. The molecule has 128 valence electrons. The number of fused-ring (bicyclic) bond motifs is 1. The molecule has 0 aromatic carbocycles. The lowest BCUT2D eigenvalue weighted by Crippen LogP contribution is -2.53. The van der Waals surface area contributed by atoms with Crippen LogP contribution >= 0.6 is 11.6 Å². The smallest absolute Gasteiger partial charge is 0.193 e. The van der Waals surface area contributed by atoms with Crippen LogP contribution in [0, 0.1) is 11.8 Å². The molecule has 0 radical (unpaired) electrons. The van der Waals surface area contributed by atoms with E-state index in [1.807, 2.05) is 6.07 Å². The highest BCUT2D eigenvalue weighted by molar-refractivity contribution is 6.28. The summed E-state index contributed by atoms with van der Waals surface area (Å²) in [5.74, 6) is 2.21. The summed E-state index contributed by atoms with van der Waals surface area (Å²) in [5, 5.41) is 11.1. The third kappa shape index (κ3) is 3.44. The van der Waals surface area contributed by atoms with Gasteiger partial charge >= 0.3 is 0 Å². The first-order valence-electron chi connectivity index (χ1n) is 8.65. The summed E-state index contributed by atoms with van der Waals surface area (Å²) in [4.78, 5) is 4.87. The maximum atomic E-state index is 10.6. The zero-order valence-corrected chi connectivity index (χ0v) is 14.1. The van der Waals surface area contributed by atoms with Crippen molar-refractivity contribution in [2.75, 3.05) is 39.4 Å². The summed E-state index contributed by atoms with van der Waals surface area (Å²) < 4.78 is 10.9. The first-order valence-corrected chi connectivity index (χ1v) is 9.03. The van der Waals surface area contributed by atoms with Gasteiger partial charge in [-0.05, 0) is 48.4 Å². The molecule has 1 aliphatic carbocycles. The van der Waals surface area contributed by atoms with Gasteiger partial charge in [0.05, 0.1) is 25.9 Å². The Bertz CT molecular complexity index is 532. The quantitative estimate of drug-likeness (QED) is 0.909. The Labute approximate surface area is 142 Å². The number of aliphatic hydroxyl groups is 1. The predicted molar refractivity (Wildman–Crippen MR) is 87.4 cm³/mol. The molecule has 6 heteroatoms. The van der Waals surface area contributed by atoms with Crippen LogP contribution in [0.3, 0.4) is 0 Å². The summed E-state index contributed by atoms with van der Waals surface area (Å²) >= 11 is 5.86. The van der Waals surface area contributed by atoms with E-state index in [1.165, 1.54) is 0 Å². The maximum Gasteiger partial charge on any atom is 0.193 e. The number of nitrogens with zero attached hydrogens (tertiary/aromatic N) is 2. The fourth-order valence-corrected chi connectivity index (χ4v) is 4.75. The van der Waals surface area contributed by atoms with Gasteiger partial charge in [0, 0.05) is 32.2 Å². The van der Waals surface area contributed by atoms with Gasteiger partial charge in [-0.1, -0.05) is 0 Å². The van der Waals surface area contributed by atoms with Crippen molar-refractivity contribution < 1.29 is 14.3 Å². The standard InChI is InChI=1S/C17H25ClN2O3/c18-17-2-1-14(23-17)11-19-9-12-7-15(16(21)8-13(12)10-19)20-3-5-22-6-4-20/h1-2,12-13,15-16,21H,3-11H2/t12-,13+,15-,16-/m1/s1. The largest absolute Gasteiger partial charge is 0.448 e. The Hall–Kier alpha value is -0.590. The van der Waals surface area contributed by atoms with Gasteiger partial charge < -0.3 is 14.3 Å². The van der Waals surface area contributed by atoms with E-state index in [-0.39, 0.29) is 6.10 Å². The third-order valence-corrected chi connectivity index (χ3v) is 5.91. The van der Waals surface area contributed by atoms with Crippen LogP contribution in [-0.4, -0.2) is 66.4 Å². The van der Waals surface area contributed by atoms with Gasteiger partial charge in [0.25, 0.3) is 0 Å². The number of halogens is 1. The van der Waals surface area contributed by atoms with Crippen LogP contribution in [0.4, 0.5) is 0 Å². The van der Waals surface area contributed by atoms with Gasteiger partial charge in [0.15, 0.2) is 5.22 Å². The number of hydrogen-bond acceptors (Lipinski definition) is 5. The van der Waals surface area contributed by atoms with E-state index in [4.69, 9.17) is 20.8 Å². The molecular formula is C17H25ClN2O3. The van der Waals surface area contributed by atoms with Crippen LogP contribution < -0.4 is 0 Å². The number of likely N-dealkylation sites (tertiary alicyclic amines) is 1. The summed E-state index contributed by atoms with van der Waals surface area (Å²) in [5.41, 5.74) is 0. The number of hydrogen-bond donors (Lipinski definition) is 1. The molecule has 1 saturated carbocycles. The van der Waals surface area contributed by atoms with Crippen molar-refractivity contribution in [2.24, 2.45) is 11.8 Å². The summed E-state index contributed by atoms with van der Waals surface area (Å²) in [7, 11) is 0. The zero-order valence-electron chi connectivity index (χ0n) is 13.4. The van der Waals surface area contributed by atoms with Crippen molar-refractivity contribution in [1.29, 1.82) is 0 Å². The molecular weight excluding hydrogens is 316 g/mol. The van der Waals surface area contributed by atoms with E-state index in [1.54, 1.807) is 6.07 Å². The molecule has 0 bridgehead atoms. The number of rotatable bonds is 3. The normalized spacial score (nSPS) is 36.3. The second-order valence-electron chi connectivity index (χ2n) is 7.17. The van der Waals surface area contributed by atoms with E-state index >= 15 is 0 Å². The van der Waals surface area contributed by atoms with Gasteiger partial charge in [-0.2, -0.15) is 0 Å². The third-order valence-electron chi connectivity index (χ3n) is 5.71. The van der Waals surface area contributed by atoms with Crippen molar-refractivity contribution in [1.82, 2.24) is 9.80 Å². The molecule has 1 aromatic rings. The van der Waals surface area contributed by atoms with E-state index in [9.17, 15) is 5.11 Å². The minimum Gasteiger partial charge on any atom is -0.448 e.